The second-order valence-corrected chi connectivity index (χ2v) is 5.67. The van der Waals surface area contributed by atoms with Crippen LogP contribution in [0.15, 0.2) is 36.5 Å². The third-order valence-electron chi connectivity index (χ3n) is 3.79. The Morgan fingerprint density at radius 2 is 1.85 bits per heavy atom. The van der Waals surface area contributed by atoms with E-state index in [1.807, 2.05) is 6.92 Å². The van der Waals surface area contributed by atoms with Crippen LogP contribution in [0, 0.1) is 17.5 Å². The van der Waals surface area contributed by atoms with Crippen LogP contribution in [-0.4, -0.2) is 27.7 Å². The van der Waals surface area contributed by atoms with Gasteiger partial charge in [0.1, 0.15) is 5.65 Å². The Hall–Kier alpha value is -3.36. The van der Waals surface area contributed by atoms with Crippen LogP contribution in [0.5, 0.6) is 0 Å². The molecule has 3 aromatic rings. The highest BCUT2D eigenvalue weighted by atomic mass is 19.2. The van der Waals surface area contributed by atoms with E-state index in [1.54, 1.807) is 24.4 Å². The van der Waals surface area contributed by atoms with Crippen molar-refractivity contribution in [3.63, 3.8) is 0 Å². The van der Waals surface area contributed by atoms with Gasteiger partial charge in [-0.2, -0.15) is 0 Å². The Kier molecular flexibility index (Phi) is 5.11. The zero-order valence-corrected chi connectivity index (χ0v) is 14.2. The van der Waals surface area contributed by atoms with Crippen molar-refractivity contribution < 1.29 is 22.8 Å². The fourth-order valence-corrected chi connectivity index (χ4v) is 2.50. The second-order valence-electron chi connectivity index (χ2n) is 5.67. The van der Waals surface area contributed by atoms with E-state index in [4.69, 9.17) is 0 Å². The molecule has 0 aliphatic heterocycles. The van der Waals surface area contributed by atoms with Crippen LogP contribution in [0.4, 0.5) is 19.0 Å². The summed E-state index contributed by atoms with van der Waals surface area (Å²) >= 11 is 0. The van der Waals surface area contributed by atoms with Crippen molar-refractivity contribution in [3.8, 4) is 0 Å². The van der Waals surface area contributed by atoms with Crippen molar-refractivity contribution in [2.75, 3.05) is 11.9 Å². The summed E-state index contributed by atoms with van der Waals surface area (Å²) in [5.41, 5.74) is -0.290. The number of hydrogen-bond donors (Lipinski definition) is 2. The molecule has 0 fully saturated rings. The molecule has 0 radical (unpaired) electrons. The van der Waals surface area contributed by atoms with Gasteiger partial charge >= 0.3 is 0 Å². The van der Waals surface area contributed by atoms with E-state index in [9.17, 15) is 22.8 Å². The van der Waals surface area contributed by atoms with Gasteiger partial charge < -0.3 is 10.6 Å². The van der Waals surface area contributed by atoms with E-state index in [-0.39, 0.29) is 11.5 Å². The van der Waals surface area contributed by atoms with Crippen LogP contribution in [0.3, 0.4) is 0 Å². The lowest BCUT2D eigenvalue weighted by Crippen LogP contribution is -2.27. The van der Waals surface area contributed by atoms with Crippen molar-refractivity contribution in [1.29, 1.82) is 0 Å². The quantitative estimate of drug-likeness (QED) is 0.672. The van der Waals surface area contributed by atoms with Gasteiger partial charge in [-0.3, -0.25) is 14.0 Å². The van der Waals surface area contributed by atoms with Gasteiger partial charge in [0.05, 0.1) is 5.56 Å². The number of carbonyl (C=O) groups is 2. The molecule has 0 atom stereocenters. The first-order valence-electron chi connectivity index (χ1n) is 8.14. The van der Waals surface area contributed by atoms with Gasteiger partial charge in [0.2, 0.25) is 0 Å². The number of halogens is 3. The lowest BCUT2D eigenvalue weighted by molar-refractivity contribution is 0.0948. The molecule has 1 aromatic carbocycles. The molecule has 0 bridgehead atoms. The summed E-state index contributed by atoms with van der Waals surface area (Å²) in [4.78, 5) is 29.0. The van der Waals surface area contributed by atoms with Crippen LogP contribution in [0.2, 0.25) is 0 Å². The average Bonchev–Trinajstić information content (AvgIpc) is 3.02. The Labute approximate surface area is 152 Å². The topological polar surface area (TPSA) is 75.5 Å². The lowest BCUT2D eigenvalue weighted by Gasteiger charge is -2.08. The number of amides is 2. The Bertz CT molecular complexity index is 1030. The summed E-state index contributed by atoms with van der Waals surface area (Å²) in [6, 6.07) is 6.44. The minimum Gasteiger partial charge on any atom is -0.351 e. The average molecular weight is 376 g/mol. The molecular weight excluding hydrogens is 361 g/mol. The number of rotatable bonds is 5. The maximum atomic E-state index is 13.9. The van der Waals surface area contributed by atoms with Gasteiger partial charge in [0.15, 0.2) is 29.0 Å². The van der Waals surface area contributed by atoms with Gasteiger partial charge in [0.25, 0.3) is 11.8 Å². The smallest absolute Gasteiger partial charge is 0.272 e. The molecule has 0 unspecified atom stereocenters. The van der Waals surface area contributed by atoms with Crippen molar-refractivity contribution in [3.05, 3.63) is 65.2 Å². The number of aromatic nitrogens is 2. The van der Waals surface area contributed by atoms with E-state index < -0.39 is 34.8 Å². The van der Waals surface area contributed by atoms with Crippen LogP contribution in [0.25, 0.3) is 5.65 Å². The Morgan fingerprint density at radius 3 is 2.59 bits per heavy atom. The minimum absolute atomic E-state index is 0.0374. The molecule has 6 nitrogen and oxygen atoms in total. The minimum atomic E-state index is -1.75. The first-order valence-corrected chi connectivity index (χ1v) is 8.14. The van der Waals surface area contributed by atoms with Gasteiger partial charge in [-0.15, -0.1) is 0 Å². The highest BCUT2D eigenvalue weighted by molar-refractivity contribution is 6.08. The summed E-state index contributed by atoms with van der Waals surface area (Å²) < 4.78 is 41.8. The SMILES string of the molecule is CCCNC(=O)c1c(NC(=O)c2ccc(F)c(F)c2F)nc2ccccn12. The molecule has 2 aromatic heterocycles. The number of anilines is 1. The number of nitrogens with zero attached hydrogens (tertiary/aromatic N) is 2. The Morgan fingerprint density at radius 1 is 1.07 bits per heavy atom. The monoisotopic (exact) mass is 376 g/mol. The predicted molar refractivity (Wildman–Crippen MR) is 92.1 cm³/mol. The molecule has 2 heterocycles. The molecule has 0 spiro atoms. The molecule has 0 saturated carbocycles. The number of imidazole rings is 1. The van der Waals surface area contributed by atoms with E-state index in [2.05, 4.69) is 15.6 Å². The van der Waals surface area contributed by atoms with Crippen molar-refractivity contribution in [2.24, 2.45) is 0 Å². The third-order valence-corrected chi connectivity index (χ3v) is 3.79. The summed E-state index contributed by atoms with van der Waals surface area (Å²) in [6.45, 7) is 2.29. The van der Waals surface area contributed by atoms with Gasteiger partial charge in [0, 0.05) is 12.7 Å². The number of nitrogens with one attached hydrogen (secondary N) is 2. The molecule has 140 valence electrons. The van der Waals surface area contributed by atoms with Crippen molar-refractivity contribution in [2.45, 2.75) is 13.3 Å². The largest absolute Gasteiger partial charge is 0.351 e. The number of carbonyl (C=O) groups excluding carboxylic acids is 2. The first-order chi connectivity index (χ1) is 12.9. The molecule has 2 N–H and O–H groups in total. The highest BCUT2D eigenvalue weighted by Gasteiger charge is 2.24. The highest BCUT2D eigenvalue weighted by Crippen LogP contribution is 2.21. The van der Waals surface area contributed by atoms with Crippen LogP contribution in [-0.2, 0) is 0 Å². The van der Waals surface area contributed by atoms with E-state index in [1.165, 1.54) is 4.40 Å². The molecule has 2 amide bonds. The molecule has 0 saturated heterocycles. The van der Waals surface area contributed by atoms with Gasteiger partial charge in [-0.05, 0) is 30.7 Å². The summed E-state index contributed by atoms with van der Waals surface area (Å²) in [5.74, 6) is -6.44. The number of hydrogen-bond acceptors (Lipinski definition) is 3. The maximum absolute atomic E-state index is 13.9. The second kappa shape index (κ2) is 7.48. The molecular formula is C18H15F3N4O2. The number of benzene rings is 1. The molecule has 3 rings (SSSR count). The van der Waals surface area contributed by atoms with E-state index in [0.29, 0.717) is 24.7 Å². The summed E-state index contributed by atoms with van der Waals surface area (Å²) in [5, 5.41) is 4.97. The van der Waals surface area contributed by atoms with Crippen LogP contribution in [0.1, 0.15) is 34.2 Å². The van der Waals surface area contributed by atoms with Crippen molar-refractivity contribution in [1.82, 2.24) is 14.7 Å². The van der Waals surface area contributed by atoms with Gasteiger partial charge in [-0.25, -0.2) is 18.2 Å². The van der Waals surface area contributed by atoms with Crippen LogP contribution >= 0.6 is 0 Å². The van der Waals surface area contributed by atoms with E-state index >= 15 is 0 Å². The van der Waals surface area contributed by atoms with E-state index in [0.717, 1.165) is 6.07 Å². The fourth-order valence-electron chi connectivity index (χ4n) is 2.50. The zero-order chi connectivity index (χ0) is 19.6. The molecule has 27 heavy (non-hydrogen) atoms. The molecule has 0 aliphatic carbocycles. The first kappa shape index (κ1) is 18.4. The maximum Gasteiger partial charge on any atom is 0.272 e. The fraction of sp³-hybridized carbons (Fsp3) is 0.167. The number of fused-ring (bicyclic) bond motifs is 1. The molecule has 0 aliphatic rings. The molecule has 9 heteroatoms. The normalized spacial score (nSPS) is 10.8. The predicted octanol–water partition coefficient (Wildman–Crippen LogP) is 3.14. The van der Waals surface area contributed by atoms with Gasteiger partial charge in [-0.1, -0.05) is 13.0 Å². The third kappa shape index (κ3) is 3.48. The summed E-state index contributed by atoms with van der Waals surface area (Å²) in [6.07, 6.45) is 2.28. The zero-order valence-electron chi connectivity index (χ0n) is 14.2. The standard InChI is InChI=1S/C18H15F3N4O2/c1-2-8-22-18(27)15-16(23-12-5-3-4-9-25(12)15)24-17(26)10-6-7-11(19)14(21)13(10)20/h3-7,9H,2,8H2,1H3,(H,22,27)(H,24,26). The Balaban J connectivity index is 2.00. The van der Waals surface area contributed by atoms with Crippen molar-refractivity contribution >= 4 is 23.3 Å². The lowest BCUT2D eigenvalue weighted by atomic mass is 10.2. The summed E-state index contributed by atoms with van der Waals surface area (Å²) in [7, 11) is 0. The number of pyridine rings is 1. The van der Waals surface area contributed by atoms with Crippen LogP contribution < -0.4 is 10.6 Å².